The zero-order valence-corrected chi connectivity index (χ0v) is 13.7. The fourth-order valence-electron chi connectivity index (χ4n) is 2.52. The van der Waals surface area contributed by atoms with E-state index in [0.29, 0.717) is 25.1 Å². The maximum absolute atomic E-state index is 12.8. The minimum absolute atomic E-state index is 0.570. The molecule has 0 aliphatic carbocycles. The predicted octanol–water partition coefficient (Wildman–Crippen LogP) is 4.40. The summed E-state index contributed by atoms with van der Waals surface area (Å²) in [6.45, 7) is 2.77. The zero-order valence-electron chi connectivity index (χ0n) is 13.7. The average molecular weight is 337 g/mol. The van der Waals surface area contributed by atoms with E-state index >= 15 is 0 Å². The third kappa shape index (κ3) is 5.98. The van der Waals surface area contributed by atoms with E-state index in [1.807, 2.05) is 30.3 Å². The molecule has 24 heavy (non-hydrogen) atoms. The van der Waals surface area contributed by atoms with Gasteiger partial charge in [-0.3, -0.25) is 4.90 Å². The van der Waals surface area contributed by atoms with Crippen molar-refractivity contribution in [1.82, 2.24) is 4.90 Å². The maximum Gasteiger partial charge on any atom is 0.416 e. The van der Waals surface area contributed by atoms with Crippen LogP contribution in [0.25, 0.3) is 0 Å². The summed E-state index contributed by atoms with van der Waals surface area (Å²) in [5.74, 6) is 0. The molecule has 0 aromatic heterocycles. The highest BCUT2D eigenvalue weighted by atomic mass is 19.4. The third-order valence-electron chi connectivity index (χ3n) is 3.83. The lowest BCUT2D eigenvalue weighted by Gasteiger charge is -2.22. The number of benzene rings is 2. The van der Waals surface area contributed by atoms with Crippen molar-refractivity contribution in [2.24, 2.45) is 0 Å². The molecular formula is C19H22F3NO. The van der Waals surface area contributed by atoms with E-state index in [-0.39, 0.29) is 0 Å². The van der Waals surface area contributed by atoms with Crippen LogP contribution in [0.1, 0.15) is 16.7 Å². The quantitative estimate of drug-likeness (QED) is 0.708. The van der Waals surface area contributed by atoms with Crippen molar-refractivity contribution >= 4 is 0 Å². The van der Waals surface area contributed by atoms with E-state index < -0.39 is 11.7 Å². The number of alkyl halides is 3. The molecule has 0 fully saturated rings. The van der Waals surface area contributed by atoms with Crippen LogP contribution < -0.4 is 0 Å². The number of hydrogen-bond donors (Lipinski definition) is 0. The molecule has 0 heterocycles. The highest BCUT2D eigenvalue weighted by molar-refractivity contribution is 5.26. The van der Waals surface area contributed by atoms with Crippen molar-refractivity contribution in [3.63, 3.8) is 0 Å². The normalized spacial score (nSPS) is 11.9. The van der Waals surface area contributed by atoms with Gasteiger partial charge in [-0.15, -0.1) is 0 Å². The van der Waals surface area contributed by atoms with Gasteiger partial charge in [0.25, 0.3) is 0 Å². The van der Waals surface area contributed by atoms with Crippen LogP contribution in [-0.4, -0.2) is 31.7 Å². The smallest absolute Gasteiger partial charge is 0.383 e. The Kier molecular flexibility index (Phi) is 6.82. The Morgan fingerprint density at radius 1 is 0.917 bits per heavy atom. The van der Waals surface area contributed by atoms with Gasteiger partial charge in [0.05, 0.1) is 12.2 Å². The van der Waals surface area contributed by atoms with E-state index in [9.17, 15) is 13.2 Å². The predicted molar refractivity (Wildman–Crippen MR) is 88.7 cm³/mol. The van der Waals surface area contributed by atoms with Crippen molar-refractivity contribution in [2.75, 3.05) is 26.8 Å². The first-order valence-electron chi connectivity index (χ1n) is 7.90. The largest absolute Gasteiger partial charge is 0.416 e. The maximum atomic E-state index is 12.8. The van der Waals surface area contributed by atoms with Crippen LogP contribution >= 0.6 is 0 Å². The Morgan fingerprint density at radius 2 is 1.62 bits per heavy atom. The van der Waals surface area contributed by atoms with E-state index in [4.69, 9.17) is 4.74 Å². The van der Waals surface area contributed by atoms with Crippen LogP contribution in [0, 0.1) is 0 Å². The summed E-state index contributed by atoms with van der Waals surface area (Å²) in [5.41, 5.74) is 1.28. The molecule has 2 nitrogen and oxygen atoms in total. The van der Waals surface area contributed by atoms with Gasteiger partial charge in [-0.2, -0.15) is 13.2 Å². The first-order valence-corrected chi connectivity index (χ1v) is 7.90. The second kappa shape index (κ2) is 8.85. The Morgan fingerprint density at radius 3 is 2.29 bits per heavy atom. The number of hydrogen-bond acceptors (Lipinski definition) is 2. The molecule has 0 N–H and O–H groups in total. The second-order valence-electron chi connectivity index (χ2n) is 5.70. The minimum Gasteiger partial charge on any atom is -0.383 e. The van der Waals surface area contributed by atoms with Crippen LogP contribution in [0.15, 0.2) is 54.6 Å². The highest BCUT2D eigenvalue weighted by Gasteiger charge is 2.30. The standard InChI is InChI=1S/C19H22F3NO/c1-24-13-12-23(15-17-6-3-2-4-7-17)11-10-16-8-5-9-18(14-16)19(20,21)22/h2-9,14H,10-13,15H2,1H3. The first-order chi connectivity index (χ1) is 11.5. The lowest BCUT2D eigenvalue weighted by molar-refractivity contribution is -0.137. The molecule has 0 amide bonds. The number of methoxy groups -OCH3 is 1. The second-order valence-corrected chi connectivity index (χ2v) is 5.70. The van der Waals surface area contributed by atoms with E-state index in [2.05, 4.69) is 4.90 Å². The SMILES string of the molecule is COCCN(CCc1cccc(C(F)(F)F)c1)Cc1ccccc1. The van der Waals surface area contributed by atoms with Crippen LogP contribution in [-0.2, 0) is 23.9 Å². The number of ether oxygens (including phenoxy) is 1. The molecule has 2 aromatic rings. The van der Waals surface area contributed by atoms with Gasteiger partial charge in [0.2, 0.25) is 0 Å². The topological polar surface area (TPSA) is 12.5 Å². The molecule has 2 rings (SSSR count). The Bertz CT molecular complexity index is 614. The van der Waals surface area contributed by atoms with Crippen molar-refractivity contribution in [3.8, 4) is 0 Å². The minimum atomic E-state index is -4.30. The molecule has 0 bridgehead atoms. The van der Waals surface area contributed by atoms with Crippen LogP contribution in [0.3, 0.4) is 0 Å². The number of nitrogens with zero attached hydrogens (tertiary/aromatic N) is 1. The summed E-state index contributed by atoms with van der Waals surface area (Å²) >= 11 is 0. The summed E-state index contributed by atoms with van der Waals surface area (Å²) in [5, 5.41) is 0. The van der Waals surface area contributed by atoms with Gasteiger partial charge < -0.3 is 4.74 Å². The molecule has 0 radical (unpaired) electrons. The molecule has 0 saturated carbocycles. The fraction of sp³-hybridized carbons (Fsp3) is 0.368. The van der Waals surface area contributed by atoms with E-state index in [1.54, 1.807) is 13.2 Å². The molecule has 0 spiro atoms. The molecule has 0 atom stereocenters. The van der Waals surface area contributed by atoms with E-state index in [0.717, 1.165) is 19.2 Å². The van der Waals surface area contributed by atoms with Gasteiger partial charge in [-0.25, -0.2) is 0 Å². The van der Waals surface area contributed by atoms with Crippen molar-refractivity contribution < 1.29 is 17.9 Å². The van der Waals surface area contributed by atoms with E-state index in [1.165, 1.54) is 17.7 Å². The highest BCUT2D eigenvalue weighted by Crippen LogP contribution is 2.29. The van der Waals surface area contributed by atoms with Gasteiger partial charge in [0, 0.05) is 26.7 Å². The first kappa shape index (κ1) is 18.5. The summed E-state index contributed by atoms with van der Waals surface area (Å²) in [4.78, 5) is 2.19. The van der Waals surface area contributed by atoms with Crippen molar-refractivity contribution in [1.29, 1.82) is 0 Å². The fourth-order valence-corrected chi connectivity index (χ4v) is 2.52. The zero-order chi connectivity index (χ0) is 17.4. The lowest BCUT2D eigenvalue weighted by Crippen LogP contribution is -2.29. The summed E-state index contributed by atoms with van der Waals surface area (Å²) in [7, 11) is 1.65. The third-order valence-corrected chi connectivity index (χ3v) is 3.83. The Balaban J connectivity index is 1.99. The summed E-state index contributed by atoms with van der Waals surface area (Å²) < 4.78 is 43.5. The lowest BCUT2D eigenvalue weighted by atomic mass is 10.1. The molecular weight excluding hydrogens is 315 g/mol. The molecule has 2 aromatic carbocycles. The summed E-state index contributed by atoms with van der Waals surface area (Å²) in [6.07, 6.45) is -3.73. The molecule has 5 heteroatoms. The molecule has 0 unspecified atom stereocenters. The monoisotopic (exact) mass is 337 g/mol. The number of rotatable bonds is 8. The van der Waals surface area contributed by atoms with Crippen molar-refractivity contribution in [2.45, 2.75) is 19.1 Å². The average Bonchev–Trinajstić information content (AvgIpc) is 2.58. The van der Waals surface area contributed by atoms with Gasteiger partial charge in [0.1, 0.15) is 0 Å². The van der Waals surface area contributed by atoms with Crippen molar-refractivity contribution in [3.05, 3.63) is 71.3 Å². The van der Waals surface area contributed by atoms with Gasteiger partial charge in [0.15, 0.2) is 0 Å². The van der Waals surface area contributed by atoms with Gasteiger partial charge in [-0.05, 0) is 23.6 Å². The number of halogens is 3. The van der Waals surface area contributed by atoms with Crippen LogP contribution in [0.4, 0.5) is 13.2 Å². The Labute approximate surface area is 140 Å². The van der Waals surface area contributed by atoms with Crippen LogP contribution in [0.2, 0.25) is 0 Å². The summed E-state index contributed by atoms with van der Waals surface area (Å²) in [6, 6.07) is 15.6. The van der Waals surface area contributed by atoms with Gasteiger partial charge in [-0.1, -0.05) is 48.5 Å². The molecule has 0 aliphatic heterocycles. The molecule has 130 valence electrons. The Hall–Kier alpha value is -1.85. The van der Waals surface area contributed by atoms with Crippen LogP contribution in [0.5, 0.6) is 0 Å². The molecule has 0 aliphatic rings. The van der Waals surface area contributed by atoms with Gasteiger partial charge >= 0.3 is 6.18 Å². The molecule has 0 saturated heterocycles.